The Morgan fingerprint density at radius 3 is 2.63 bits per heavy atom. The molecular formula is C12H16N4O2S. The SMILES string of the molecule is Cn1nccc1CNc1cccc(NS(C)(=O)=O)c1. The van der Waals surface area contributed by atoms with Crippen molar-refractivity contribution in [1.82, 2.24) is 9.78 Å². The molecule has 6 nitrogen and oxygen atoms in total. The van der Waals surface area contributed by atoms with Crippen molar-refractivity contribution < 1.29 is 8.42 Å². The van der Waals surface area contributed by atoms with Crippen molar-refractivity contribution in [3.8, 4) is 0 Å². The number of aromatic nitrogens is 2. The van der Waals surface area contributed by atoms with Crippen LogP contribution in [0.3, 0.4) is 0 Å². The molecular weight excluding hydrogens is 264 g/mol. The van der Waals surface area contributed by atoms with Gasteiger partial charge < -0.3 is 5.32 Å². The van der Waals surface area contributed by atoms with Crippen molar-refractivity contribution in [2.75, 3.05) is 16.3 Å². The van der Waals surface area contributed by atoms with Crippen LogP contribution in [0.15, 0.2) is 36.5 Å². The van der Waals surface area contributed by atoms with E-state index in [-0.39, 0.29) is 0 Å². The van der Waals surface area contributed by atoms with Crippen LogP contribution in [0.4, 0.5) is 11.4 Å². The first-order valence-corrected chi connectivity index (χ1v) is 7.62. The maximum atomic E-state index is 11.2. The van der Waals surface area contributed by atoms with Crippen LogP contribution < -0.4 is 10.0 Å². The fourth-order valence-corrected chi connectivity index (χ4v) is 2.23. The molecule has 102 valence electrons. The van der Waals surface area contributed by atoms with Gasteiger partial charge >= 0.3 is 0 Å². The number of hydrogen-bond acceptors (Lipinski definition) is 4. The first-order chi connectivity index (χ1) is 8.94. The molecule has 2 rings (SSSR count). The van der Waals surface area contributed by atoms with Gasteiger partial charge in [0, 0.05) is 18.9 Å². The molecule has 0 unspecified atom stereocenters. The summed E-state index contributed by atoms with van der Waals surface area (Å²) in [6.45, 7) is 0.624. The van der Waals surface area contributed by atoms with Gasteiger partial charge in [-0.3, -0.25) is 9.40 Å². The molecule has 2 N–H and O–H groups in total. The molecule has 0 amide bonds. The molecule has 0 aliphatic rings. The third-order valence-electron chi connectivity index (χ3n) is 2.56. The zero-order valence-electron chi connectivity index (χ0n) is 10.8. The molecule has 1 aromatic carbocycles. The highest BCUT2D eigenvalue weighted by atomic mass is 32.2. The average Bonchev–Trinajstić information content (AvgIpc) is 2.70. The Morgan fingerprint density at radius 2 is 2.00 bits per heavy atom. The van der Waals surface area contributed by atoms with Gasteiger partial charge in [-0.25, -0.2) is 8.42 Å². The van der Waals surface area contributed by atoms with E-state index in [1.807, 2.05) is 19.2 Å². The summed E-state index contributed by atoms with van der Waals surface area (Å²) in [5.41, 5.74) is 2.42. The maximum absolute atomic E-state index is 11.2. The Labute approximate surface area is 112 Å². The predicted molar refractivity (Wildman–Crippen MR) is 75.4 cm³/mol. The van der Waals surface area contributed by atoms with Crippen LogP contribution in [0, 0.1) is 0 Å². The van der Waals surface area contributed by atoms with E-state index in [1.165, 1.54) is 0 Å². The Bertz CT molecular complexity index is 664. The first-order valence-electron chi connectivity index (χ1n) is 5.73. The van der Waals surface area contributed by atoms with E-state index in [0.29, 0.717) is 12.2 Å². The minimum absolute atomic E-state index is 0.539. The molecule has 0 fully saturated rings. The number of rotatable bonds is 5. The van der Waals surface area contributed by atoms with Crippen LogP contribution in [0.2, 0.25) is 0 Å². The van der Waals surface area contributed by atoms with Crippen LogP contribution in [0.5, 0.6) is 0 Å². The predicted octanol–water partition coefficient (Wildman–Crippen LogP) is 1.40. The molecule has 7 heteroatoms. The summed E-state index contributed by atoms with van der Waals surface area (Å²) in [6, 6.07) is 9.04. The van der Waals surface area contributed by atoms with Crippen molar-refractivity contribution in [3.63, 3.8) is 0 Å². The fourth-order valence-electron chi connectivity index (χ4n) is 1.67. The van der Waals surface area contributed by atoms with Gasteiger partial charge in [-0.05, 0) is 24.3 Å². The summed E-state index contributed by atoms with van der Waals surface area (Å²) in [4.78, 5) is 0. The number of sulfonamides is 1. The zero-order chi connectivity index (χ0) is 13.9. The van der Waals surface area contributed by atoms with E-state index in [1.54, 1.807) is 29.1 Å². The Morgan fingerprint density at radius 1 is 1.26 bits per heavy atom. The van der Waals surface area contributed by atoms with Gasteiger partial charge in [0.15, 0.2) is 0 Å². The normalized spacial score (nSPS) is 11.3. The second-order valence-corrected chi connectivity index (χ2v) is 6.00. The molecule has 0 bridgehead atoms. The van der Waals surface area contributed by atoms with Crippen LogP contribution in [0.1, 0.15) is 5.69 Å². The van der Waals surface area contributed by atoms with Crippen molar-refractivity contribution in [3.05, 3.63) is 42.2 Å². The number of anilines is 2. The molecule has 0 radical (unpaired) electrons. The standard InChI is InChI=1S/C12H16N4O2S/c1-16-12(6-7-14-16)9-13-10-4-3-5-11(8-10)15-19(2,17)18/h3-8,13,15H,9H2,1-2H3. The number of aryl methyl sites for hydroxylation is 1. The maximum Gasteiger partial charge on any atom is 0.229 e. The minimum Gasteiger partial charge on any atom is -0.379 e. The molecule has 0 aliphatic carbocycles. The number of nitrogens with one attached hydrogen (secondary N) is 2. The van der Waals surface area contributed by atoms with Gasteiger partial charge in [-0.2, -0.15) is 5.10 Å². The van der Waals surface area contributed by atoms with Gasteiger partial charge in [0.05, 0.1) is 24.2 Å². The molecule has 0 saturated heterocycles. The Balaban J connectivity index is 2.05. The van der Waals surface area contributed by atoms with Crippen molar-refractivity contribution in [2.45, 2.75) is 6.54 Å². The molecule has 0 aliphatic heterocycles. The molecule has 19 heavy (non-hydrogen) atoms. The summed E-state index contributed by atoms with van der Waals surface area (Å²) in [5.74, 6) is 0. The highest BCUT2D eigenvalue weighted by Gasteiger charge is 2.03. The van der Waals surface area contributed by atoms with Gasteiger partial charge in [-0.1, -0.05) is 6.07 Å². The van der Waals surface area contributed by atoms with Gasteiger partial charge in [0.25, 0.3) is 0 Å². The lowest BCUT2D eigenvalue weighted by Gasteiger charge is -2.09. The van der Waals surface area contributed by atoms with E-state index in [2.05, 4.69) is 15.1 Å². The van der Waals surface area contributed by atoms with Gasteiger partial charge in [0.1, 0.15) is 0 Å². The van der Waals surface area contributed by atoms with E-state index in [0.717, 1.165) is 17.6 Å². The lowest BCUT2D eigenvalue weighted by molar-refractivity contribution is 0.607. The molecule has 1 heterocycles. The third-order valence-corrected chi connectivity index (χ3v) is 3.17. The first kappa shape index (κ1) is 13.4. The Hall–Kier alpha value is -2.02. The third kappa shape index (κ3) is 3.99. The number of benzene rings is 1. The largest absolute Gasteiger partial charge is 0.379 e. The lowest BCUT2D eigenvalue weighted by Crippen LogP contribution is -2.10. The fraction of sp³-hybridized carbons (Fsp3) is 0.250. The Kier molecular flexibility index (Phi) is 3.75. The minimum atomic E-state index is -3.25. The highest BCUT2D eigenvalue weighted by Crippen LogP contribution is 2.16. The summed E-state index contributed by atoms with van der Waals surface area (Å²) in [7, 11) is -1.38. The quantitative estimate of drug-likeness (QED) is 0.868. The second-order valence-electron chi connectivity index (χ2n) is 4.25. The van der Waals surface area contributed by atoms with Gasteiger partial charge in [-0.15, -0.1) is 0 Å². The molecule has 0 saturated carbocycles. The zero-order valence-corrected chi connectivity index (χ0v) is 11.6. The summed E-state index contributed by atoms with van der Waals surface area (Å²) >= 11 is 0. The van der Waals surface area contributed by atoms with Gasteiger partial charge in [0.2, 0.25) is 10.0 Å². The number of nitrogens with zero attached hydrogens (tertiary/aromatic N) is 2. The summed E-state index contributed by atoms with van der Waals surface area (Å²) in [6.07, 6.45) is 2.86. The van der Waals surface area contributed by atoms with E-state index in [9.17, 15) is 8.42 Å². The molecule has 0 atom stereocenters. The smallest absolute Gasteiger partial charge is 0.229 e. The monoisotopic (exact) mass is 280 g/mol. The topological polar surface area (TPSA) is 76.0 Å². The van der Waals surface area contributed by atoms with Crippen LogP contribution in [0.25, 0.3) is 0 Å². The summed E-state index contributed by atoms with van der Waals surface area (Å²) in [5, 5.41) is 7.30. The molecule has 0 spiro atoms. The van der Waals surface area contributed by atoms with E-state index in [4.69, 9.17) is 0 Å². The molecule has 2 aromatic rings. The van der Waals surface area contributed by atoms with Crippen LogP contribution in [-0.4, -0.2) is 24.5 Å². The highest BCUT2D eigenvalue weighted by molar-refractivity contribution is 7.92. The number of hydrogen-bond donors (Lipinski definition) is 2. The van der Waals surface area contributed by atoms with Crippen LogP contribution in [-0.2, 0) is 23.6 Å². The van der Waals surface area contributed by atoms with Crippen molar-refractivity contribution in [1.29, 1.82) is 0 Å². The van der Waals surface area contributed by atoms with Crippen molar-refractivity contribution >= 4 is 21.4 Å². The average molecular weight is 280 g/mol. The summed E-state index contributed by atoms with van der Waals surface area (Å²) < 4.78 is 26.5. The van der Waals surface area contributed by atoms with E-state index < -0.39 is 10.0 Å². The van der Waals surface area contributed by atoms with E-state index >= 15 is 0 Å². The van der Waals surface area contributed by atoms with Crippen LogP contribution >= 0.6 is 0 Å². The lowest BCUT2D eigenvalue weighted by atomic mass is 10.3. The second kappa shape index (κ2) is 5.31. The van der Waals surface area contributed by atoms with Crippen molar-refractivity contribution in [2.24, 2.45) is 7.05 Å². The molecule has 1 aromatic heterocycles.